The quantitative estimate of drug-likeness (QED) is 0.579. The van der Waals surface area contributed by atoms with E-state index < -0.39 is 6.10 Å². The molecule has 2 nitrogen and oxygen atoms in total. The molecule has 0 amide bonds. The molecule has 15 heavy (non-hydrogen) atoms. The summed E-state index contributed by atoms with van der Waals surface area (Å²) in [6, 6.07) is 9.62. The number of halogens is 1. The Hall–Kier alpha value is -1.45. The molecule has 2 N–H and O–H groups in total. The normalized spacial score (nSPS) is 9.73. The molecule has 1 rings (SSSR count). The van der Waals surface area contributed by atoms with Gasteiger partial charge in [0.25, 0.3) is 0 Å². The number of benzene rings is 1. The molecule has 1 atom stereocenters. The smallest absolute Gasteiger partial charge is 0.199 e. The molecule has 0 saturated heterocycles. The largest absolute Gasteiger partial charge is 0.275 e. The predicted octanol–water partition coefficient (Wildman–Crippen LogP) is 1.74. The maximum Gasteiger partial charge on any atom is 0.199 e. The Bertz CT molecular complexity index is 394. The van der Waals surface area contributed by atoms with Gasteiger partial charge in [0.2, 0.25) is 0 Å². The molecule has 0 fully saturated rings. The third-order valence-corrected chi connectivity index (χ3v) is 1.53. The fourth-order valence-electron chi connectivity index (χ4n) is 0.906. The summed E-state index contributed by atoms with van der Waals surface area (Å²) < 4.78 is 0. The van der Waals surface area contributed by atoms with E-state index in [1.807, 2.05) is 30.3 Å². The first-order valence-corrected chi connectivity index (χ1v) is 4.21. The third kappa shape index (κ3) is 5.10. The molecule has 1 aromatic carbocycles. The second-order valence-electron chi connectivity index (χ2n) is 2.55. The number of hydrogen-bond acceptors (Lipinski definition) is 2. The van der Waals surface area contributed by atoms with Crippen molar-refractivity contribution in [1.29, 1.82) is 0 Å². The van der Waals surface area contributed by atoms with Gasteiger partial charge in [-0.15, -0.1) is 18.3 Å². The highest BCUT2D eigenvalue weighted by Gasteiger charge is 1.94. The minimum absolute atomic E-state index is 0. The molecule has 78 valence electrons. The number of rotatable bonds is 1. The van der Waals surface area contributed by atoms with Crippen molar-refractivity contribution in [2.24, 2.45) is 5.90 Å². The second kappa shape index (κ2) is 7.91. The molecule has 0 aliphatic carbocycles. The Morgan fingerprint density at radius 2 is 1.87 bits per heavy atom. The average molecular weight is 222 g/mol. The minimum atomic E-state index is -0.514. The van der Waals surface area contributed by atoms with E-state index in [1.54, 1.807) is 6.92 Å². The molecule has 1 aromatic rings. The lowest BCUT2D eigenvalue weighted by atomic mass is 10.2. The molecule has 0 aliphatic rings. The summed E-state index contributed by atoms with van der Waals surface area (Å²) >= 11 is 0. The van der Waals surface area contributed by atoms with Crippen molar-refractivity contribution in [3.63, 3.8) is 0 Å². The number of hydrogen-bond donors (Lipinski definition) is 1. The summed E-state index contributed by atoms with van der Waals surface area (Å²) in [6.45, 7) is 1.72. The minimum Gasteiger partial charge on any atom is -0.275 e. The molecule has 0 bridgehead atoms. The Morgan fingerprint density at radius 1 is 1.20 bits per heavy atom. The fourth-order valence-corrected chi connectivity index (χ4v) is 0.906. The van der Waals surface area contributed by atoms with Crippen molar-refractivity contribution < 1.29 is 4.84 Å². The van der Waals surface area contributed by atoms with E-state index in [-0.39, 0.29) is 12.4 Å². The molecule has 0 aromatic heterocycles. The van der Waals surface area contributed by atoms with Gasteiger partial charge in [-0.2, -0.15) is 0 Å². The Kier molecular flexibility index (Phi) is 7.14. The van der Waals surface area contributed by atoms with E-state index in [0.717, 1.165) is 5.56 Å². The molecular weight excluding hydrogens is 210 g/mol. The third-order valence-electron chi connectivity index (χ3n) is 1.53. The standard InChI is InChI=1S/C12H11NO.ClH/c1-2-6-12(14-13)10-9-11-7-4-3-5-8-11;/h3-5,7-8,12H,13H2,1H3;1H. The summed E-state index contributed by atoms with van der Waals surface area (Å²) in [4.78, 5) is 4.57. The molecule has 0 saturated carbocycles. The lowest BCUT2D eigenvalue weighted by molar-refractivity contribution is 0.130. The van der Waals surface area contributed by atoms with Crippen molar-refractivity contribution in [2.45, 2.75) is 13.0 Å². The van der Waals surface area contributed by atoms with Crippen LogP contribution in [-0.4, -0.2) is 6.10 Å². The van der Waals surface area contributed by atoms with Crippen LogP contribution < -0.4 is 5.90 Å². The van der Waals surface area contributed by atoms with Crippen molar-refractivity contribution in [2.75, 3.05) is 0 Å². The van der Waals surface area contributed by atoms with E-state index in [0.29, 0.717) is 0 Å². The van der Waals surface area contributed by atoms with Crippen LogP contribution in [0.4, 0.5) is 0 Å². The second-order valence-corrected chi connectivity index (χ2v) is 2.55. The predicted molar refractivity (Wildman–Crippen MR) is 63.1 cm³/mol. The van der Waals surface area contributed by atoms with E-state index in [1.165, 1.54) is 0 Å². The topological polar surface area (TPSA) is 35.2 Å². The highest BCUT2D eigenvalue weighted by molar-refractivity contribution is 5.85. The first-order chi connectivity index (χ1) is 6.86. The van der Waals surface area contributed by atoms with Gasteiger partial charge in [0.1, 0.15) is 0 Å². The van der Waals surface area contributed by atoms with Gasteiger partial charge in [-0.25, -0.2) is 5.90 Å². The van der Waals surface area contributed by atoms with Gasteiger partial charge in [-0.1, -0.05) is 36.0 Å². The first kappa shape index (κ1) is 13.5. The first-order valence-electron chi connectivity index (χ1n) is 4.21. The molecule has 0 aliphatic heterocycles. The SMILES string of the molecule is CC#CC(C#Cc1ccccc1)ON.Cl. The highest BCUT2D eigenvalue weighted by atomic mass is 35.5. The van der Waals surface area contributed by atoms with Crippen molar-refractivity contribution >= 4 is 12.4 Å². The zero-order valence-electron chi connectivity index (χ0n) is 8.36. The van der Waals surface area contributed by atoms with Gasteiger partial charge >= 0.3 is 0 Å². The van der Waals surface area contributed by atoms with Crippen LogP contribution in [0.1, 0.15) is 12.5 Å². The summed E-state index contributed by atoms with van der Waals surface area (Å²) in [6.07, 6.45) is -0.514. The van der Waals surface area contributed by atoms with Crippen LogP contribution in [0.3, 0.4) is 0 Å². The fraction of sp³-hybridized carbons (Fsp3) is 0.167. The van der Waals surface area contributed by atoms with E-state index in [2.05, 4.69) is 28.5 Å². The monoisotopic (exact) mass is 221 g/mol. The van der Waals surface area contributed by atoms with Gasteiger partial charge in [0, 0.05) is 5.56 Å². The summed E-state index contributed by atoms with van der Waals surface area (Å²) in [5.74, 6) is 16.2. The molecule has 0 spiro atoms. The zero-order chi connectivity index (χ0) is 10.2. The van der Waals surface area contributed by atoms with E-state index >= 15 is 0 Å². The number of nitrogens with two attached hydrogens (primary N) is 1. The highest BCUT2D eigenvalue weighted by Crippen LogP contribution is 1.95. The van der Waals surface area contributed by atoms with Crippen molar-refractivity contribution in [3.05, 3.63) is 35.9 Å². The lowest BCUT2D eigenvalue weighted by Crippen LogP contribution is -2.12. The van der Waals surface area contributed by atoms with Gasteiger partial charge < -0.3 is 0 Å². The van der Waals surface area contributed by atoms with Gasteiger partial charge in [0.15, 0.2) is 6.10 Å². The van der Waals surface area contributed by atoms with Gasteiger partial charge in [-0.3, -0.25) is 4.84 Å². The Labute approximate surface area is 96.2 Å². The molecule has 0 heterocycles. The maximum atomic E-state index is 5.02. The van der Waals surface area contributed by atoms with E-state index in [9.17, 15) is 0 Å². The maximum absolute atomic E-state index is 5.02. The van der Waals surface area contributed by atoms with Crippen LogP contribution in [0.25, 0.3) is 0 Å². The average Bonchev–Trinajstić information content (AvgIpc) is 2.25. The summed E-state index contributed by atoms with van der Waals surface area (Å²) in [5, 5.41) is 0. The Morgan fingerprint density at radius 3 is 2.40 bits per heavy atom. The molecule has 1 unspecified atom stereocenters. The van der Waals surface area contributed by atoms with Crippen LogP contribution in [-0.2, 0) is 4.84 Å². The zero-order valence-corrected chi connectivity index (χ0v) is 9.17. The Balaban J connectivity index is 0.00000196. The van der Waals surface area contributed by atoms with Crippen LogP contribution >= 0.6 is 12.4 Å². The molecular formula is C12H12ClNO. The lowest BCUT2D eigenvalue weighted by Gasteiger charge is -1.96. The summed E-state index contributed by atoms with van der Waals surface area (Å²) in [5.41, 5.74) is 0.924. The van der Waals surface area contributed by atoms with Gasteiger partial charge in [-0.05, 0) is 19.1 Å². The summed E-state index contributed by atoms with van der Waals surface area (Å²) in [7, 11) is 0. The van der Waals surface area contributed by atoms with Crippen LogP contribution in [0.15, 0.2) is 30.3 Å². The van der Waals surface area contributed by atoms with Crippen molar-refractivity contribution in [3.8, 4) is 23.7 Å². The van der Waals surface area contributed by atoms with E-state index in [4.69, 9.17) is 5.90 Å². The van der Waals surface area contributed by atoms with Crippen LogP contribution in [0.5, 0.6) is 0 Å². The molecule has 0 radical (unpaired) electrons. The molecule has 3 heteroatoms. The van der Waals surface area contributed by atoms with Crippen molar-refractivity contribution in [1.82, 2.24) is 0 Å². The van der Waals surface area contributed by atoms with Crippen LogP contribution in [0, 0.1) is 23.7 Å². The van der Waals surface area contributed by atoms with Crippen LogP contribution in [0.2, 0.25) is 0 Å². The van der Waals surface area contributed by atoms with Gasteiger partial charge in [0.05, 0.1) is 0 Å².